The van der Waals surface area contributed by atoms with Crippen molar-refractivity contribution in [1.29, 1.82) is 0 Å². The van der Waals surface area contributed by atoms with E-state index >= 15 is 0 Å². The molecule has 3 heteroatoms. The van der Waals surface area contributed by atoms with E-state index in [1.54, 1.807) is 18.6 Å². The lowest BCUT2D eigenvalue weighted by Crippen LogP contribution is -2.03. The fourth-order valence-corrected chi connectivity index (χ4v) is 1.59. The zero-order chi connectivity index (χ0) is 10.5. The third-order valence-electron chi connectivity index (χ3n) is 2.06. The van der Waals surface area contributed by atoms with E-state index in [0.29, 0.717) is 0 Å². The molecule has 0 aromatic carbocycles. The highest BCUT2D eigenvalue weighted by Gasteiger charge is 2.02. The molecule has 2 nitrogen and oxygen atoms in total. The number of pyridine rings is 2. The summed E-state index contributed by atoms with van der Waals surface area (Å²) < 4.78 is 0. The Bertz CT molecular complexity index is 440. The minimum Gasteiger partial charge on any atom is -0.265 e. The molecule has 0 saturated carbocycles. The van der Waals surface area contributed by atoms with E-state index in [2.05, 4.69) is 9.97 Å². The summed E-state index contributed by atoms with van der Waals surface area (Å²) in [6.07, 6.45) is 6.05. The van der Waals surface area contributed by atoms with Gasteiger partial charge in [-0.15, -0.1) is 0 Å². The molecular weight excluding hydrogens is 204 g/mol. The Morgan fingerprint density at radius 1 is 1.07 bits per heavy atom. The van der Waals surface area contributed by atoms with Crippen molar-refractivity contribution < 1.29 is 0 Å². The molecule has 2 aromatic heterocycles. The van der Waals surface area contributed by atoms with Crippen LogP contribution in [0, 0.1) is 0 Å². The number of rotatable bonds is 3. The Labute approximate surface area is 94.0 Å². The zero-order valence-electron chi connectivity index (χ0n) is 8.13. The average Bonchev–Trinajstić information content (AvgIpc) is 2.31. The number of hydrogen-bond acceptors (Lipinski definition) is 3. The Morgan fingerprint density at radius 3 is 2.53 bits per heavy atom. The minimum atomic E-state index is 0.745. The lowest BCUT2D eigenvalue weighted by Gasteiger charge is -2.02. The van der Waals surface area contributed by atoms with Crippen molar-refractivity contribution in [3.63, 3.8) is 0 Å². The van der Waals surface area contributed by atoms with Crippen LogP contribution in [0.2, 0.25) is 0 Å². The van der Waals surface area contributed by atoms with Crippen LogP contribution in [0.25, 0.3) is 0 Å². The van der Waals surface area contributed by atoms with Crippen molar-refractivity contribution in [3.05, 3.63) is 60.2 Å². The third-order valence-corrected chi connectivity index (χ3v) is 2.42. The van der Waals surface area contributed by atoms with Gasteiger partial charge in [0.05, 0.1) is 5.69 Å². The molecule has 0 radical (unpaired) electrons. The molecule has 0 aliphatic rings. The maximum absolute atomic E-state index is 5.32. The fraction of sp³-hybridized carbons (Fsp3) is 0.0833. The van der Waals surface area contributed by atoms with E-state index in [0.717, 1.165) is 17.0 Å². The molecule has 0 aliphatic carbocycles. The number of aromatic nitrogens is 2. The molecule has 0 spiro atoms. The summed E-state index contributed by atoms with van der Waals surface area (Å²) in [4.78, 5) is 9.05. The Hall–Kier alpha value is -1.61. The standard InChI is InChI=1S/C12H10N2S/c15-12(11-3-1-2-6-14-11)9-10-4-7-13-8-5-10/h1-8H,9H2. The normalized spacial score (nSPS) is 9.87. The predicted octanol–water partition coefficient (Wildman–Crippen LogP) is 2.44. The highest BCUT2D eigenvalue weighted by atomic mass is 32.1. The van der Waals surface area contributed by atoms with Crippen LogP contribution in [0.15, 0.2) is 48.9 Å². The van der Waals surface area contributed by atoms with Gasteiger partial charge in [0.1, 0.15) is 0 Å². The van der Waals surface area contributed by atoms with Gasteiger partial charge < -0.3 is 0 Å². The van der Waals surface area contributed by atoms with Crippen LogP contribution < -0.4 is 0 Å². The Morgan fingerprint density at radius 2 is 1.87 bits per heavy atom. The van der Waals surface area contributed by atoms with E-state index in [1.165, 1.54) is 5.56 Å². The quantitative estimate of drug-likeness (QED) is 0.579. The maximum atomic E-state index is 5.32. The van der Waals surface area contributed by atoms with E-state index in [-0.39, 0.29) is 0 Å². The first-order chi connectivity index (χ1) is 7.36. The smallest absolute Gasteiger partial charge is 0.0772 e. The lowest BCUT2D eigenvalue weighted by atomic mass is 10.1. The van der Waals surface area contributed by atoms with Gasteiger partial charge in [-0.3, -0.25) is 9.97 Å². The van der Waals surface area contributed by atoms with Crippen molar-refractivity contribution in [2.45, 2.75) is 6.42 Å². The van der Waals surface area contributed by atoms with E-state index in [4.69, 9.17) is 12.2 Å². The lowest BCUT2D eigenvalue weighted by molar-refractivity contribution is 1.23. The first kappa shape index (κ1) is 9.93. The molecule has 0 bridgehead atoms. The van der Waals surface area contributed by atoms with Crippen LogP contribution in [-0.2, 0) is 6.42 Å². The summed E-state index contributed by atoms with van der Waals surface area (Å²) in [5, 5.41) is 0. The third kappa shape index (κ3) is 2.67. The first-order valence-corrected chi connectivity index (χ1v) is 5.10. The van der Waals surface area contributed by atoms with Crippen LogP contribution in [0.5, 0.6) is 0 Å². The molecule has 0 atom stereocenters. The highest BCUT2D eigenvalue weighted by molar-refractivity contribution is 7.80. The summed E-state index contributed by atoms with van der Waals surface area (Å²) in [6.45, 7) is 0. The SMILES string of the molecule is S=C(Cc1ccncc1)c1ccccn1. The van der Waals surface area contributed by atoms with Gasteiger partial charge in [-0.2, -0.15) is 0 Å². The van der Waals surface area contributed by atoms with Crippen LogP contribution in [0.1, 0.15) is 11.3 Å². The van der Waals surface area contributed by atoms with Crippen LogP contribution >= 0.6 is 12.2 Å². The van der Waals surface area contributed by atoms with Crippen molar-refractivity contribution >= 4 is 17.1 Å². The molecule has 0 amide bonds. The van der Waals surface area contributed by atoms with Crippen LogP contribution in [0.4, 0.5) is 0 Å². The highest BCUT2D eigenvalue weighted by Crippen LogP contribution is 2.05. The molecule has 0 fully saturated rings. The van der Waals surface area contributed by atoms with E-state index in [1.807, 2.05) is 30.3 Å². The van der Waals surface area contributed by atoms with Gasteiger partial charge in [-0.25, -0.2) is 0 Å². The second-order valence-electron chi connectivity index (χ2n) is 3.17. The van der Waals surface area contributed by atoms with Crippen molar-refractivity contribution in [2.24, 2.45) is 0 Å². The largest absolute Gasteiger partial charge is 0.265 e. The van der Waals surface area contributed by atoms with E-state index < -0.39 is 0 Å². The molecule has 0 unspecified atom stereocenters. The molecule has 2 aromatic rings. The van der Waals surface area contributed by atoms with Gasteiger partial charge in [0.25, 0.3) is 0 Å². The van der Waals surface area contributed by atoms with Crippen LogP contribution in [-0.4, -0.2) is 14.8 Å². The molecule has 15 heavy (non-hydrogen) atoms. The van der Waals surface area contributed by atoms with Gasteiger partial charge in [-0.05, 0) is 29.8 Å². The van der Waals surface area contributed by atoms with Gasteiger partial charge in [0.15, 0.2) is 0 Å². The van der Waals surface area contributed by atoms with Crippen LogP contribution in [0.3, 0.4) is 0 Å². The maximum Gasteiger partial charge on any atom is 0.0772 e. The minimum absolute atomic E-state index is 0.745. The molecule has 0 aliphatic heterocycles. The van der Waals surface area contributed by atoms with Gasteiger partial charge in [-0.1, -0.05) is 18.3 Å². The monoisotopic (exact) mass is 214 g/mol. The van der Waals surface area contributed by atoms with Gasteiger partial charge in [0, 0.05) is 29.9 Å². The molecule has 74 valence electrons. The number of hydrogen-bond donors (Lipinski definition) is 0. The topological polar surface area (TPSA) is 25.8 Å². The van der Waals surface area contributed by atoms with Crippen molar-refractivity contribution in [3.8, 4) is 0 Å². The molecular formula is C12H10N2S. The van der Waals surface area contributed by atoms with Crippen molar-refractivity contribution in [1.82, 2.24) is 9.97 Å². The average molecular weight is 214 g/mol. The summed E-state index contributed by atoms with van der Waals surface area (Å²) in [5.74, 6) is 0. The fourth-order valence-electron chi connectivity index (χ4n) is 1.30. The Kier molecular flexibility index (Phi) is 3.15. The molecule has 0 saturated heterocycles. The second kappa shape index (κ2) is 4.75. The van der Waals surface area contributed by atoms with E-state index in [9.17, 15) is 0 Å². The summed E-state index contributed by atoms with van der Waals surface area (Å²) in [5.41, 5.74) is 2.05. The first-order valence-electron chi connectivity index (χ1n) is 4.69. The van der Waals surface area contributed by atoms with Gasteiger partial charge >= 0.3 is 0 Å². The number of thiocarbonyl (C=S) groups is 1. The second-order valence-corrected chi connectivity index (χ2v) is 3.66. The zero-order valence-corrected chi connectivity index (χ0v) is 8.95. The molecule has 2 rings (SSSR count). The summed E-state index contributed by atoms with van der Waals surface area (Å²) in [7, 11) is 0. The molecule has 2 heterocycles. The summed E-state index contributed by atoms with van der Waals surface area (Å²) in [6, 6.07) is 9.70. The number of nitrogens with zero attached hydrogens (tertiary/aromatic N) is 2. The Balaban J connectivity index is 2.12. The molecule has 0 N–H and O–H groups in total. The predicted molar refractivity (Wildman–Crippen MR) is 63.9 cm³/mol. The van der Waals surface area contributed by atoms with Crippen molar-refractivity contribution in [2.75, 3.05) is 0 Å². The summed E-state index contributed by atoms with van der Waals surface area (Å²) >= 11 is 5.32. The van der Waals surface area contributed by atoms with Gasteiger partial charge in [0.2, 0.25) is 0 Å².